The van der Waals surface area contributed by atoms with Crippen LogP contribution in [0.4, 0.5) is 17.1 Å². The summed E-state index contributed by atoms with van der Waals surface area (Å²) in [7, 11) is 2.13. The smallest absolute Gasteiger partial charge is 0.0863 e. The van der Waals surface area contributed by atoms with E-state index in [9.17, 15) is 0 Å². The summed E-state index contributed by atoms with van der Waals surface area (Å²) in [4.78, 5) is 8.18. The molecule has 0 aliphatic heterocycles. The van der Waals surface area contributed by atoms with Crippen LogP contribution in [-0.2, 0) is 0 Å². The number of hydrogen-bond acceptors (Lipinski definition) is 4. The van der Waals surface area contributed by atoms with Gasteiger partial charge in [-0.05, 0) is 36.4 Å². The summed E-state index contributed by atoms with van der Waals surface area (Å²) in [6.07, 6.45) is 6.12. The SMILES string of the molecule is C/C=C/CNc1ccsc1C=Nc1ccccc1N(C)CC(C)C. The van der Waals surface area contributed by atoms with Gasteiger partial charge in [-0.2, -0.15) is 0 Å². The van der Waals surface area contributed by atoms with E-state index >= 15 is 0 Å². The molecule has 0 spiro atoms. The van der Waals surface area contributed by atoms with E-state index in [1.54, 1.807) is 11.3 Å². The number of nitrogens with one attached hydrogen (secondary N) is 1. The molecule has 0 saturated carbocycles. The molecule has 1 aromatic carbocycles. The lowest BCUT2D eigenvalue weighted by Crippen LogP contribution is -2.22. The summed E-state index contributed by atoms with van der Waals surface area (Å²) in [5, 5.41) is 5.51. The Balaban J connectivity index is 2.16. The highest BCUT2D eigenvalue weighted by Gasteiger charge is 2.08. The van der Waals surface area contributed by atoms with Crippen molar-refractivity contribution in [2.24, 2.45) is 10.9 Å². The summed E-state index contributed by atoms with van der Waals surface area (Å²) in [5.41, 5.74) is 3.31. The van der Waals surface area contributed by atoms with Crippen molar-refractivity contribution in [3.63, 3.8) is 0 Å². The molecule has 24 heavy (non-hydrogen) atoms. The fourth-order valence-corrected chi connectivity index (χ4v) is 3.26. The number of hydrogen-bond donors (Lipinski definition) is 1. The predicted octanol–water partition coefficient (Wildman–Crippen LogP) is 5.58. The predicted molar refractivity (Wildman–Crippen MR) is 109 cm³/mol. The third kappa shape index (κ3) is 5.24. The minimum Gasteiger partial charge on any atom is -0.380 e. The van der Waals surface area contributed by atoms with Crippen LogP contribution in [0.1, 0.15) is 25.6 Å². The lowest BCUT2D eigenvalue weighted by molar-refractivity contribution is 0.638. The van der Waals surface area contributed by atoms with Crippen molar-refractivity contribution in [2.45, 2.75) is 20.8 Å². The molecule has 3 nitrogen and oxygen atoms in total. The molecule has 128 valence electrons. The van der Waals surface area contributed by atoms with E-state index < -0.39 is 0 Å². The van der Waals surface area contributed by atoms with Gasteiger partial charge in [0.25, 0.3) is 0 Å². The Labute approximate surface area is 149 Å². The number of para-hydroxylation sites is 2. The van der Waals surface area contributed by atoms with Crippen LogP contribution in [0, 0.1) is 5.92 Å². The van der Waals surface area contributed by atoms with Crippen molar-refractivity contribution in [3.8, 4) is 0 Å². The molecule has 0 fully saturated rings. The molecule has 2 aromatic rings. The van der Waals surface area contributed by atoms with Gasteiger partial charge in [0, 0.05) is 26.4 Å². The van der Waals surface area contributed by atoms with Crippen molar-refractivity contribution in [2.75, 3.05) is 30.4 Å². The minimum atomic E-state index is 0.617. The fraction of sp³-hybridized carbons (Fsp3) is 0.350. The lowest BCUT2D eigenvalue weighted by atomic mass is 10.2. The van der Waals surface area contributed by atoms with Gasteiger partial charge in [0.05, 0.1) is 21.9 Å². The van der Waals surface area contributed by atoms with E-state index in [-0.39, 0.29) is 0 Å². The molecular formula is C20H27N3S. The molecule has 0 unspecified atom stereocenters. The minimum absolute atomic E-state index is 0.617. The maximum atomic E-state index is 4.75. The molecular weight excluding hydrogens is 314 g/mol. The van der Waals surface area contributed by atoms with Crippen LogP contribution < -0.4 is 10.2 Å². The van der Waals surface area contributed by atoms with Gasteiger partial charge in [0.2, 0.25) is 0 Å². The maximum Gasteiger partial charge on any atom is 0.0863 e. The first-order chi connectivity index (χ1) is 11.6. The highest BCUT2D eigenvalue weighted by molar-refractivity contribution is 7.12. The van der Waals surface area contributed by atoms with Crippen LogP contribution in [0.3, 0.4) is 0 Å². The standard InChI is InChI=1S/C20H27N3S/c1-5-6-12-21-18-11-13-24-20(18)14-22-17-9-7-8-10-19(17)23(4)15-16(2)3/h5-11,13-14,16,21H,12,15H2,1-4H3/b6-5+,22-14?. The zero-order valence-electron chi connectivity index (χ0n) is 15.0. The summed E-state index contributed by atoms with van der Waals surface area (Å²) in [6.45, 7) is 8.35. The first-order valence-electron chi connectivity index (χ1n) is 8.38. The van der Waals surface area contributed by atoms with Gasteiger partial charge in [-0.25, -0.2) is 0 Å². The van der Waals surface area contributed by atoms with E-state index in [4.69, 9.17) is 4.99 Å². The van der Waals surface area contributed by atoms with Crippen LogP contribution in [0.5, 0.6) is 0 Å². The maximum absolute atomic E-state index is 4.75. The van der Waals surface area contributed by atoms with Gasteiger partial charge >= 0.3 is 0 Å². The van der Waals surface area contributed by atoms with Crippen molar-refractivity contribution in [1.82, 2.24) is 0 Å². The molecule has 0 saturated heterocycles. The highest BCUT2D eigenvalue weighted by atomic mass is 32.1. The second-order valence-electron chi connectivity index (χ2n) is 6.17. The first kappa shape index (κ1) is 18.3. The number of thiophene rings is 1. The molecule has 1 heterocycles. The van der Waals surface area contributed by atoms with Crippen molar-refractivity contribution in [1.29, 1.82) is 0 Å². The number of anilines is 2. The van der Waals surface area contributed by atoms with E-state index in [1.807, 2.05) is 25.3 Å². The summed E-state index contributed by atoms with van der Waals surface area (Å²) >= 11 is 1.70. The van der Waals surface area contributed by atoms with Crippen LogP contribution in [0.25, 0.3) is 0 Å². The first-order valence-corrected chi connectivity index (χ1v) is 9.26. The highest BCUT2D eigenvalue weighted by Crippen LogP contribution is 2.29. The number of nitrogens with zero attached hydrogens (tertiary/aromatic N) is 2. The Bertz CT molecular complexity index is 686. The molecule has 0 atom stereocenters. The van der Waals surface area contributed by atoms with Gasteiger partial charge in [0.15, 0.2) is 0 Å². The van der Waals surface area contributed by atoms with Crippen LogP contribution >= 0.6 is 11.3 Å². The normalized spacial score (nSPS) is 11.7. The zero-order valence-corrected chi connectivity index (χ0v) is 15.8. The van der Waals surface area contributed by atoms with Crippen LogP contribution in [0.15, 0.2) is 52.9 Å². The van der Waals surface area contributed by atoms with E-state index in [0.29, 0.717) is 5.92 Å². The Morgan fingerprint density at radius 3 is 2.79 bits per heavy atom. The average molecular weight is 342 g/mol. The molecule has 0 aliphatic rings. The second kappa shape index (κ2) is 9.28. The quantitative estimate of drug-likeness (QED) is 0.501. The Morgan fingerprint density at radius 1 is 1.25 bits per heavy atom. The molecule has 0 radical (unpaired) electrons. The number of rotatable bonds is 8. The van der Waals surface area contributed by atoms with E-state index in [2.05, 4.69) is 66.8 Å². The summed E-state index contributed by atoms with van der Waals surface area (Å²) < 4.78 is 0. The van der Waals surface area contributed by atoms with Crippen LogP contribution in [-0.4, -0.2) is 26.4 Å². The lowest BCUT2D eigenvalue weighted by Gasteiger charge is -2.22. The van der Waals surface area contributed by atoms with Crippen molar-refractivity contribution in [3.05, 3.63) is 52.7 Å². The second-order valence-corrected chi connectivity index (χ2v) is 7.12. The molecule has 0 aliphatic carbocycles. The monoisotopic (exact) mass is 341 g/mol. The largest absolute Gasteiger partial charge is 0.380 e. The van der Waals surface area contributed by atoms with Crippen molar-refractivity contribution < 1.29 is 0 Å². The molecule has 2 rings (SSSR count). The van der Waals surface area contributed by atoms with Gasteiger partial charge in [-0.1, -0.05) is 38.1 Å². The third-order valence-electron chi connectivity index (χ3n) is 3.59. The van der Waals surface area contributed by atoms with Gasteiger partial charge in [0.1, 0.15) is 0 Å². The number of allylic oxidation sites excluding steroid dienone is 1. The van der Waals surface area contributed by atoms with Gasteiger partial charge in [-0.15, -0.1) is 11.3 Å². The molecule has 1 N–H and O–H groups in total. The molecule has 1 aromatic heterocycles. The molecule has 4 heteroatoms. The van der Waals surface area contributed by atoms with Crippen LogP contribution in [0.2, 0.25) is 0 Å². The molecule has 0 amide bonds. The third-order valence-corrected chi connectivity index (χ3v) is 4.45. The Kier molecular flexibility index (Phi) is 7.07. The van der Waals surface area contributed by atoms with Crippen molar-refractivity contribution >= 4 is 34.6 Å². The number of aliphatic imine (C=N–C) groups is 1. The van der Waals surface area contributed by atoms with Gasteiger partial charge < -0.3 is 10.2 Å². The van der Waals surface area contributed by atoms with Gasteiger partial charge in [-0.3, -0.25) is 4.99 Å². The summed E-state index contributed by atoms with van der Waals surface area (Å²) in [5.74, 6) is 0.617. The number of benzene rings is 1. The topological polar surface area (TPSA) is 27.6 Å². The molecule has 0 bridgehead atoms. The van der Waals surface area contributed by atoms with E-state index in [1.165, 1.54) is 5.69 Å². The van der Waals surface area contributed by atoms with E-state index in [0.717, 1.165) is 29.3 Å². The Hall–Kier alpha value is -2.07. The zero-order chi connectivity index (χ0) is 17.4. The Morgan fingerprint density at radius 2 is 2.04 bits per heavy atom. The average Bonchev–Trinajstić information content (AvgIpc) is 3.00. The fourth-order valence-electron chi connectivity index (χ4n) is 2.52. The summed E-state index contributed by atoms with van der Waals surface area (Å²) in [6, 6.07) is 10.4.